The van der Waals surface area contributed by atoms with Crippen molar-refractivity contribution in [3.8, 4) is 5.75 Å². The maximum Gasteiger partial charge on any atom is 0.326 e. The number of amides is 4. The van der Waals surface area contributed by atoms with Crippen LogP contribution in [0.5, 0.6) is 5.75 Å². The van der Waals surface area contributed by atoms with Crippen LogP contribution in [0.2, 0.25) is 0 Å². The number of aliphatic hydroxyl groups is 1. The lowest BCUT2D eigenvalue weighted by atomic mass is 9.95. The standard InChI is InChI=1S/C36H57Cl2N5O8/c1-21(2)29(40-32(46)31(45)25(39)12-9-7-8-10-14-28(37)38)34(48)42(6)30(22(3)4)35(49)41(5)27(20-23-15-17-24(44)18-16-23)33(47)43-19-11-13-26(43)36(50)51/h15-18,21-22,25-31,44-45H,7-14,19-20,39H2,1-6H3,(H,40,46)(H,50,51). The van der Waals surface area contributed by atoms with Crippen LogP contribution in [0.1, 0.15) is 84.6 Å². The number of aromatic hydroxyl groups is 1. The van der Waals surface area contributed by atoms with E-state index in [1.54, 1.807) is 39.8 Å². The molecule has 0 aliphatic carbocycles. The second-order valence-corrected chi connectivity index (χ2v) is 15.5. The summed E-state index contributed by atoms with van der Waals surface area (Å²) in [5.41, 5.74) is 6.78. The number of aliphatic hydroxyl groups excluding tert-OH is 1. The molecule has 0 bridgehead atoms. The van der Waals surface area contributed by atoms with Gasteiger partial charge in [0.1, 0.15) is 40.9 Å². The van der Waals surface area contributed by atoms with E-state index in [0.717, 1.165) is 19.3 Å². The SMILES string of the molecule is CC(C)C(NC(=O)C(O)C(N)CCCCCCC(Cl)Cl)C(=O)N(C)C(C(=O)N(C)C(Cc1ccc(O)cc1)C(=O)N1CCCC1C(=O)O)C(C)C. The van der Waals surface area contributed by atoms with Gasteiger partial charge in [-0.25, -0.2) is 4.79 Å². The van der Waals surface area contributed by atoms with Gasteiger partial charge in [-0.3, -0.25) is 19.2 Å². The summed E-state index contributed by atoms with van der Waals surface area (Å²) in [5, 5.41) is 32.9. The number of carbonyl (C=O) groups excluding carboxylic acids is 4. The number of rotatable bonds is 20. The number of hydrogen-bond acceptors (Lipinski definition) is 8. The molecule has 6 N–H and O–H groups in total. The first-order valence-electron chi connectivity index (χ1n) is 17.8. The number of hydrogen-bond donors (Lipinski definition) is 5. The maximum atomic E-state index is 14.3. The highest BCUT2D eigenvalue weighted by Crippen LogP contribution is 2.24. The summed E-state index contributed by atoms with van der Waals surface area (Å²) in [6, 6.07) is 1.02. The number of benzene rings is 1. The van der Waals surface area contributed by atoms with Crippen LogP contribution in [0.15, 0.2) is 24.3 Å². The third-order valence-electron chi connectivity index (χ3n) is 9.55. The number of nitrogens with two attached hydrogens (primary N) is 1. The van der Waals surface area contributed by atoms with Crippen molar-refractivity contribution >= 4 is 52.8 Å². The lowest BCUT2D eigenvalue weighted by Gasteiger charge is -2.39. The van der Waals surface area contributed by atoms with Gasteiger partial charge >= 0.3 is 5.97 Å². The molecule has 13 nitrogen and oxygen atoms in total. The van der Waals surface area contributed by atoms with E-state index in [4.69, 9.17) is 28.9 Å². The van der Waals surface area contributed by atoms with Crippen LogP contribution in [0, 0.1) is 11.8 Å². The number of carboxylic acid groups (broad SMARTS) is 1. The van der Waals surface area contributed by atoms with Gasteiger partial charge in [-0.15, -0.1) is 23.2 Å². The van der Waals surface area contributed by atoms with Crippen molar-refractivity contribution in [2.45, 2.75) is 127 Å². The number of unbranched alkanes of at least 4 members (excludes halogenated alkanes) is 3. The van der Waals surface area contributed by atoms with E-state index in [2.05, 4.69) is 5.32 Å². The summed E-state index contributed by atoms with van der Waals surface area (Å²) in [7, 11) is 2.91. The van der Waals surface area contributed by atoms with Crippen molar-refractivity contribution < 1.29 is 39.3 Å². The molecule has 6 unspecified atom stereocenters. The molecule has 288 valence electrons. The Labute approximate surface area is 311 Å². The zero-order valence-corrected chi connectivity index (χ0v) is 32.1. The highest BCUT2D eigenvalue weighted by molar-refractivity contribution is 6.44. The minimum Gasteiger partial charge on any atom is -0.508 e. The van der Waals surface area contributed by atoms with Gasteiger partial charge in [0, 0.05) is 33.1 Å². The average molecular weight is 759 g/mol. The van der Waals surface area contributed by atoms with Crippen molar-refractivity contribution in [3.05, 3.63) is 29.8 Å². The van der Waals surface area contributed by atoms with Crippen LogP contribution in [0.3, 0.4) is 0 Å². The Bertz CT molecular complexity index is 1310. The first kappa shape index (κ1) is 44.0. The third-order valence-corrected chi connectivity index (χ3v) is 9.99. The summed E-state index contributed by atoms with van der Waals surface area (Å²) < 4.78 is 0. The van der Waals surface area contributed by atoms with Gasteiger partial charge in [-0.2, -0.15) is 0 Å². The molecule has 0 aromatic heterocycles. The van der Waals surface area contributed by atoms with E-state index < -0.39 is 82.6 Å². The number of nitrogens with zero attached hydrogens (tertiary/aromatic N) is 3. The molecule has 4 amide bonds. The predicted octanol–water partition coefficient (Wildman–Crippen LogP) is 3.29. The molecule has 1 aliphatic heterocycles. The molecule has 1 heterocycles. The van der Waals surface area contributed by atoms with Crippen LogP contribution in [-0.2, 0) is 30.4 Å². The van der Waals surface area contributed by atoms with E-state index >= 15 is 0 Å². The molecule has 1 aliphatic rings. The second-order valence-electron chi connectivity index (χ2n) is 14.2. The van der Waals surface area contributed by atoms with Crippen LogP contribution in [-0.4, -0.2) is 121 Å². The molecule has 0 radical (unpaired) electrons. The molecular formula is C36H57Cl2N5O8. The Morgan fingerprint density at radius 1 is 0.922 bits per heavy atom. The summed E-state index contributed by atoms with van der Waals surface area (Å²) in [4.78, 5) is 70.8. The summed E-state index contributed by atoms with van der Waals surface area (Å²) >= 11 is 11.5. The number of halogens is 2. The lowest BCUT2D eigenvalue weighted by molar-refractivity contribution is -0.155. The van der Waals surface area contributed by atoms with Crippen molar-refractivity contribution in [2.24, 2.45) is 17.6 Å². The molecule has 1 saturated heterocycles. The lowest BCUT2D eigenvalue weighted by Crippen LogP contribution is -2.61. The molecule has 0 saturated carbocycles. The molecule has 1 fully saturated rings. The van der Waals surface area contributed by atoms with Gasteiger partial charge in [0.2, 0.25) is 17.7 Å². The fourth-order valence-electron chi connectivity index (χ4n) is 6.48. The number of nitrogens with one attached hydrogen (secondary N) is 1. The number of phenols is 1. The van der Waals surface area contributed by atoms with Crippen LogP contribution in [0.25, 0.3) is 0 Å². The minimum atomic E-state index is -1.56. The Hall–Kier alpha value is -3.13. The van der Waals surface area contributed by atoms with Crippen molar-refractivity contribution in [3.63, 3.8) is 0 Å². The smallest absolute Gasteiger partial charge is 0.326 e. The summed E-state index contributed by atoms with van der Waals surface area (Å²) in [6.07, 6.45) is 3.62. The first-order valence-corrected chi connectivity index (χ1v) is 18.6. The molecule has 1 aromatic rings. The van der Waals surface area contributed by atoms with Gasteiger partial charge in [0.15, 0.2) is 0 Å². The van der Waals surface area contributed by atoms with Gasteiger partial charge < -0.3 is 41.1 Å². The average Bonchev–Trinajstić information content (AvgIpc) is 3.57. The normalized spacial score (nSPS) is 17.6. The number of alkyl halides is 2. The fraction of sp³-hybridized carbons (Fsp3) is 0.694. The molecule has 1 aromatic carbocycles. The number of aliphatic carboxylic acids is 1. The Morgan fingerprint density at radius 3 is 2.04 bits per heavy atom. The monoisotopic (exact) mass is 757 g/mol. The molecule has 2 rings (SSSR count). The molecular weight excluding hydrogens is 701 g/mol. The van der Waals surface area contributed by atoms with Crippen molar-refractivity contribution in [1.82, 2.24) is 20.0 Å². The van der Waals surface area contributed by atoms with Crippen LogP contribution in [0.4, 0.5) is 0 Å². The van der Waals surface area contributed by atoms with Gasteiger partial charge in [0.25, 0.3) is 5.91 Å². The topological polar surface area (TPSA) is 194 Å². The quantitative estimate of drug-likeness (QED) is 0.0981. The zero-order valence-electron chi connectivity index (χ0n) is 30.6. The Balaban J connectivity index is 2.25. The Morgan fingerprint density at radius 2 is 1.51 bits per heavy atom. The van der Waals surface area contributed by atoms with Crippen molar-refractivity contribution in [2.75, 3.05) is 20.6 Å². The number of likely N-dealkylation sites (N-methyl/N-ethyl adjacent to an activating group) is 2. The van der Waals surface area contributed by atoms with Gasteiger partial charge in [-0.05, 0) is 55.2 Å². The Kier molecular flexibility index (Phi) is 18.0. The van der Waals surface area contributed by atoms with Gasteiger partial charge in [-0.1, -0.05) is 65.5 Å². The number of carboxylic acids is 1. The first-order chi connectivity index (χ1) is 23.9. The maximum absolute atomic E-state index is 14.3. The molecule has 6 atom stereocenters. The summed E-state index contributed by atoms with van der Waals surface area (Å²) in [5.74, 6) is -4.39. The van der Waals surface area contributed by atoms with E-state index in [0.29, 0.717) is 37.7 Å². The van der Waals surface area contributed by atoms with E-state index in [1.165, 1.54) is 40.9 Å². The van der Waals surface area contributed by atoms with Gasteiger partial charge in [0.05, 0.1) is 0 Å². The summed E-state index contributed by atoms with van der Waals surface area (Å²) in [6.45, 7) is 7.20. The molecule has 0 spiro atoms. The zero-order chi connectivity index (χ0) is 38.6. The van der Waals surface area contributed by atoms with Crippen LogP contribution >= 0.6 is 23.2 Å². The van der Waals surface area contributed by atoms with E-state index in [-0.39, 0.29) is 18.7 Å². The third kappa shape index (κ3) is 12.8. The second kappa shape index (κ2) is 20.8. The fourth-order valence-corrected chi connectivity index (χ4v) is 6.79. The van der Waals surface area contributed by atoms with E-state index in [1.807, 2.05) is 0 Å². The molecule has 15 heteroatoms. The van der Waals surface area contributed by atoms with Crippen LogP contribution < -0.4 is 11.1 Å². The largest absolute Gasteiger partial charge is 0.508 e. The highest BCUT2D eigenvalue weighted by atomic mass is 35.5. The number of carbonyl (C=O) groups is 5. The molecule has 51 heavy (non-hydrogen) atoms. The predicted molar refractivity (Wildman–Crippen MR) is 196 cm³/mol. The highest BCUT2D eigenvalue weighted by Gasteiger charge is 2.43. The minimum absolute atomic E-state index is 0.0254. The number of phenolic OH excluding ortho intramolecular Hbond substituents is 1. The van der Waals surface area contributed by atoms with E-state index in [9.17, 15) is 39.3 Å². The van der Waals surface area contributed by atoms with Crippen molar-refractivity contribution in [1.29, 1.82) is 0 Å². The number of likely N-dealkylation sites (tertiary alicyclic amines) is 1.